The van der Waals surface area contributed by atoms with Crippen molar-refractivity contribution in [2.75, 3.05) is 0 Å². The lowest BCUT2D eigenvalue weighted by molar-refractivity contribution is 0.207. The van der Waals surface area contributed by atoms with Crippen molar-refractivity contribution in [3.63, 3.8) is 0 Å². The van der Waals surface area contributed by atoms with E-state index in [-0.39, 0.29) is 0 Å². The monoisotopic (exact) mass is 411 g/mol. The number of allylic oxidation sites excluding steroid dienone is 4. The molecule has 3 rings (SSSR count). The summed E-state index contributed by atoms with van der Waals surface area (Å²) in [5, 5.41) is 2.00. The van der Waals surface area contributed by atoms with Crippen molar-refractivity contribution in [2.45, 2.75) is 58.8 Å². The fourth-order valence-electron chi connectivity index (χ4n) is 4.75. The predicted octanol–water partition coefficient (Wildman–Crippen LogP) is 7.55. The van der Waals surface area contributed by atoms with Crippen LogP contribution in [0.5, 0.6) is 0 Å². The average molecular weight is 412 g/mol. The van der Waals surface area contributed by atoms with E-state index < -0.39 is 17.3 Å². The van der Waals surface area contributed by atoms with Crippen molar-refractivity contribution in [1.82, 2.24) is 0 Å². The van der Waals surface area contributed by atoms with Gasteiger partial charge in [-0.3, -0.25) is 0 Å². The molecule has 4 heteroatoms. The molecule has 1 fully saturated rings. The molecule has 0 bridgehead atoms. The summed E-state index contributed by atoms with van der Waals surface area (Å²) in [6.07, 6.45) is 13.0. The molecule has 2 aliphatic carbocycles. The molecule has 0 radical (unpaired) electrons. The Morgan fingerprint density at radius 2 is 1.72 bits per heavy atom. The molecule has 0 saturated heterocycles. The third kappa shape index (κ3) is 5.50. The molecule has 0 amide bonds. The minimum atomic E-state index is -0.769. The van der Waals surface area contributed by atoms with Crippen LogP contribution in [-0.4, -0.2) is 5.16 Å². The first kappa shape index (κ1) is 21.6. The Bertz CT molecular complexity index is 897. The van der Waals surface area contributed by atoms with Gasteiger partial charge in [0.2, 0.25) is 0 Å². The van der Waals surface area contributed by atoms with Gasteiger partial charge in [0.15, 0.2) is 11.6 Å². The van der Waals surface area contributed by atoms with E-state index in [2.05, 4.69) is 55.1 Å². The Labute approximate surface area is 178 Å². The number of benzene rings is 1. The van der Waals surface area contributed by atoms with E-state index in [1.165, 1.54) is 43.4 Å². The first-order chi connectivity index (χ1) is 14.0. The van der Waals surface area contributed by atoms with E-state index in [0.29, 0.717) is 5.56 Å². The highest BCUT2D eigenvalue weighted by molar-refractivity contribution is 7.78. The summed E-state index contributed by atoms with van der Waals surface area (Å²) in [4.78, 5) is 3.43. The lowest BCUT2D eigenvalue weighted by atomic mass is 9.70. The first-order valence-corrected chi connectivity index (χ1v) is 10.8. The second kappa shape index (κ2) is 10.1. The fourth-order valence-corrected chi connectivity index (χ4v) is 4.84. The normalized spacial score (nSPS) is 24.8. The van der Waals surface area contributed by atoms with Crippen molar-refractivity contribution in [2.24, 2.45) is 22.7 Å². The number of hydrogen-bond acceptors (Lipinski definition) is 2. The molecule has 2 aliphatic rings. The van der Waals surface area contributed by atoms with Gasteiger partial charge in [0.05, 0.1) is 5.16 Å². The SMILES string of the molecule is C/C=C/C1CCC(C2CCC(C#Cc3cc(F)c(N=C=S)c(F)c3)=C(C)C2)CC1. The van der Waals surface area contributed by atoms with Crippen molar-refractivity contribution >= 4 is 23.1 Å². The van der Waals surface area contributed by atoms with Crippen LogP contribution in [0.25, 0.3) is 0 Å². The molecule has 0 aliphatic heterocycles. The second-order valence-electron chi connectivity index (χ2n) is 8.20. The van der Waals surface area contributed by atoms with Crippen LogP contribution in [0.4, 0.5) is 14.5 Å². The Morgan fingerprint density at radius 1 is 1.03 bits per heavy atom. The highest BCUT2D eigenvalue weighted by Gasteiger charge is 2.29. The molecule has 1 unspecified atom stereocenters. The van der Waals surface area contributed by atoms with Crippen LogP contribution in [0.1, 0.15) is 64.4 Å². The molecule has 0 heterocycles. The summed E-state index contributed by atoms with van der Waals surface area (Å²) in [6, 6.07) is 2.40. The molecular formula is C25H27F2NS. The summed E-state index contributed by atoms with van der Waals surface area (Å²) in [5.41, 5.74) is 2.34. The largest absolute Gasteiger partial charge is 0.204 e. The van der Waals surface area contributed by atoms with Gasteiger partial charge >= 0.3 is 0 Å². The van der Waals surface area contributed by atoms with Gasteiger partial charge in [0.25, 0.3) is 0 Å². The van der Waals surface area contributed by atoms with Crippen molar-refractivity contribution < 1.29 is 8.78 Å². The van der Waals surface area contributed by atoms with E-state index in [1.807, 2.05) is 5.16 Å². The molecule has 29 heavy (non-hydrogen) atoms. The second-order valence-corrected chi connectivity index (χ2v) is 8.39. The predicted molar refractivity (Wildman–Crippen MR) is 118 cm³/mol. The lowest BCUT2D eigenvalue weighted by Crippen LogP contribution is -2.23. The van der Waals surface area contributed by atoms with Gasteiger partial charge < -0.3 is 0 Å². The molecule has 1 atom stereocenters. The molecule has 152 valence electrons. The smallest absolute Gasteiger partial charge is 0.153 e. The van der Waals surface area contributed by atoms with Crippen LogP contribution >= 0.6 is 12.2 Å². The summed E-state index contributed by atoms with van der Waals surface area (Å²) >= 11 is 4.42. The third-order valence-corrected chi connectivity index (χ3v) is 6.42. The molecule has 1 aromatic rings. The molecule has 1 saturated carbocycles. The summed E-state index contributed by atoms with van der Waals surface area (Å²) in [5.74, 6) is 6.88. The van der Waals surface area contributed by atoms with Crippen LogP contribution < -0.4 is 0 Å². The Balaban J connectivity index is 1.67. The molecule has 0 aromatic heterocycles. The quantitative estimate of drug-likeness (QED) is 0.216. The molecule has 0 N–H and O–H groups in total. The average Bonchev–Trinajstić information content (AvgIpc) is 2.70. The van der Waals surface area contributed by atoms with Gasteiger partial charge in [-0.25, -0.2) is 8.78 Å². The molecule has 1 aromatic carbocycles. The van der Waals surface area contributed by atoms with E-state index in [0.717, 1.165) is 42.6 Å². The van der Waals surface area contributed by atoms with Gasteiger partial charge in [-0.2, -0.15) is 4.99 Å². The zero-order valence-electron chi connectivity index (χ0n) is 17.1. The van der Waals surface area contributed by atoms with E-state index in [4.69, 9.17) is 0 Å². The number of nitrogens with zero attached hydrogens (tertiary/aromatic N) is 1. The third-order valence-electron chi connectivity index (χ3n) is 6.33. The van der Waals surface area contributed by atoms with Crippen LogP contribution in [-0.2, 0) is 0 Å². The summed E-state index contributed by atoms with van der Waals surface area (Å²) in [6.45, 7) is 4.26. The molecule has 1 nitrogen and oxygen atoms in total. The highest BCUT2D eigenvalue weighted by atomic mass is 32.1. The maximum atomic E-state index is 14.0. The minimum absolute atomic E-state index is 0.313. The number of rotatable bonds is 3. The fraction of sp³-hybridized carbons (Fsp3) is 0.480. The van der Waals surface area contributed by atoms with Crippen LogP contribution in [0, 0.1) is 41.2 Å². The van der Waals surface area contributed by atoms with Gasteiger partial charge in [0, 0.05) is 11.1 Å². The Hall–Kier alpha value is -2.08. The van der Waals surface area contributed by atoms with E-state index >= 15 is 0 Å². The first-order valence-electron chi connectivity index (χ1n) is 10.4. The van der Waals surface area contributed by atoms with Gasteiger partial charge in [0.1, 0.15) is 5.69 Å². The standard InChI is InChI=1S/C25H27F2NS/c1-3-4-18-5-9-21(10-6-18)22-12-11-20(17(2)13-22)8-7-19-14-23(26)25(28-16-29)24(27)15-19/h3-4,14-15,18,21-22H,5-6,9-13H2,1-2H3/b4-3+. The summed E-state index contributed by atoms with van der Waals surface area (Å²) in [7, 11) is 0. The number of halogens is 2. The number of hydrogen-bond donors (Lipinski definition) is 0. The lowest BCUT2D eigenvalue weighted by Gasteiger charge is -2.35. The van der Waals surface area contributed by atoms with Crippen molar-refractivity contribution in [1.29, 1.82) is 0 Å². The van der Waals surface area contributed by atoms with Crippen LogP contribution in [0.2, 0.25) is 0 Å². The van der Waals surface area contributed by atoms with Crippen LogP contribution in [0.15, 0.2) is 40.4 Å². The van der Waals surface area contributed by atoms with Crippen LogP contribution in [0.3, 0.4) is 0 Å². The maximum Gasteiger partial charge on any atom is 0.153 e. The Kier molecular flexibility index (Phi) is 7.53. The minimum Gasteiger partial charge on any atom is -0.204 e. The number of isothiocyanates is 1. The van der Waals surface area contributed by atoms with Gasteiger partial charge in [-0.15, -0.1) is 0 Å². The molecule has 0 spiro atoms. The van der Waals surface area contributed by atoms with Crippen molar-refractivity contribution in [3.05, 3.63) is 52.6 Å². The zero-order chi connectivity index (χ0) is 20.8. The summed E-state index contributed by atoms with van der Waals surface area (Å²) < 4.78 is 27.9. The zero-order valence-corrected chi connectivity index (χ0v) is 17.9. The highest BCUT2D eigenvalue weighted by Crippen LogP contribution is 2.41. The van der Waals surface area contributed by atoms with Gasteiger partial charge in [-0.1, -0.05) is 29.6 Å². The van der Waals surface area contributed by atoms with E-state index in [1.54, 1.807) is 0 Å². The Morgan fingerprint density at radius 3 is 2.31 bits per heavy atom. The molecular weight excluding hydrogens is 384 g/mol. The maximum absolute atomic E-state index is 14.0. The van der Waals surface area contributed by atoms with E-state index in [9.17, 15) is 8.78 Å². The van der Waals surface area contributed by atoms with Crippen molar-refractivity contribution in [3.8, 4) is 11.8 Å². The number of aliphatic imine (C=N–C) groups is 1. The van der Waals surface area contributed by atoms with Gasteiger partial charge in [-0.05, 0) is 101 Å². The number of thiocarbonyl (C=S) groups is 1. The topological polar surface area (TPSA) is 12.4 Å².